The Bertz CT molecular complexity index is 537. The Morgan fingerprint density at radius 1 is 1.27 bits per heavy atom. The van der Waals surface area contributed by atoms with Crippen LogP contribution < -0.4 is 0 Å². The van der Waals surface area contributed by atoms with Gasteiger partial charge < -0.3 is 14.5 Å². The summed E-state index contributed by atoms with van der Waals surface area (Å²) in [6.07, 6.45) is 1.11. The number of halogens is 1. The highest BCUT2D eigenvalue weighted by atomic mass is 19.1. The Kier molecular flexibility index (Phi) is 4.74. The first-order valence-corrected chi connectivity index (χ1v) is 7.94. The first kappa shape index (κ1) is 15.4. The van der Waals surface area contributed by atoms with E-state index >= 15 is 0 Å². The van der Waals surface area contributed by atoms with E-state index in [1.807, 2.05) is 4.90 Å². The van der Waals surface area contributed by atoms with Gasteiger partial charge in [-0.3, -0.25) is 4.79 Å². The fourth-order valence-electron chi connectivity index (χ4n) is 3.64. The second-order valence-electron chi connectivity index (χ2n) is 6.29. The number of fused-ring (bicyclic) bond motifs is 1. The third-order valence-corrected chi connectivity index (χ3v) is 4.89. The molecular formula is C17H23FN2O2. The minimum Gasteiger partial charge on any atom is -0.383 e. The van der Waals surface area contributed by atoms with Gasteiger partial charge in [-0.05, 0) is 36.9 Å². The lowest BCUT2D eigenvalue weighted by atomic mass is 9.89. The third-order valence-electron chi connectivity index (χ3n) is 4.89. The lowest BCUT2D eigenvalue weighted by molar-refractivity contribution is 0.0778. The van der Waals surface area contributed by atoms with Crippen LogP contribution in [0.15, 0.2) is 24.3 Å². The summed E-state index contributed by atoms with van der Waals surface area (Å²) in [5.74, 6) is 0.455. The first-order chi connectivity index (χ1) is 10.7. The number of piperidine rings is 1. The van der Waals surface area contributed by atoms with Crippen molar-refractivity contribution in [1.82, 2.24) is 9.80 Å². The molecule has 2 aliphatic rings. The molecule has 3 rings (SSSR count). The number of likely N-dealkylation sites (tertiary alicyclic amines) is 2. The van der Waals surface area contributed by atoms with E-state index in [0.717, 1.165) is 45.8 Å². The monoisotopic (exact) mass is 306 g/mol. The summed E-state index contributed by atoms with van der Waals surface area (Å²) in [4.78, 5) is 16.7. The van der Waals surface area contributed by atoms with Gasteiger partial charge in [0.05, 0.1) is 12.2 Å². The van der Waals surface area contributed by atoms with E-state index in [1.54, 1.807) is 25.3 Å². The first-order valence-electron chi connectivity index (χ1n) is 7.94. The van der Waals surface area contributed by atoms with Crippen molar-refractivity contribution in [3.05, 3.63) is 35.6 Å². The second kappa shape index (κ2) is 6.75. The van der Waals surface area contributed by atoms with E-state index in [2.05, 4.69) is 4.90 Å². The molecule has 0 N–H and O–H groups in total. The second-order valence-corrected chi connectivity index (χ2v) is 6.29. The molecule has 2 heterocycles. The molecule has 2 atom stereocenters. The molecule has 2 fully saturated rings. The van der Waals surface area contributed by atoms with Gasteiger partial charge in [0.2, 0.25) is 0 Å². The topological polar surface area (TPSA) is 32.8 Å². The highest BCUT2D eigenvalue weighted by Gasteiger charge is 2.39. The summed E-state index contributed by atoms with van der Waals surface area (Å²) in [5.41, 5.74) is 0.192. The molecule has 0 spiro atoms. The van der Waals surface area contributed by atoms with Crippen LogP contribution in [0.2, 0.25) is 0 Å². The maximum Gasteiger partial charge on any atom is 0.256 e. The van der Waals surface area contributed by atoms with Crippen LogP contribution in [0.1, 0.15) is 16.8 Å². The highest BCUT2D eigenvalue weighted by molar-refractivity contribution is 5.94. The van der Waals surface area contributed by atoms with Crippen molar-refractivity contribution in [2.75, 3.05) is 46.4 Å². The summed E-state index contributed by atoms with van der Waals surface area (Å²) >= 11 is 0. The molecule has 120 valence electrons. The Hall–Kier alpha value is -1.46. The molecule has 1 aromatic rings. The van der Waals surface area contributed by atoms with Crippen LogP contribution in [0.4, 0.5) is 4.39 Å². The van der Waals surface area contributed by atoms with Crippen LogP contribution in [0.3, 0.4) is 0 Å². The van der Waals surface area contributed by atoms with Gasteiger partial charge in [0.25, 0.3) is 5.91 Å². The fraction of sp³-hybridized carbons (Fsp3) is 0.588. The molecule has 0 bridgehead atoms. The van der Waals surface area contributed by atoms with Crippen LogP contribution in [0.5, 0.6) is 0 Å². The van der Waals surface area contributed by atoms with Crippen LogP contribution in [-0.4, -0.2) is 62.1 Å². The summed E-state index contributed by atoms with van der Waals surface area (Å²) in [6, 6.07) is 6.25. The zero-order valence-electron chi connectivity index (χ0n) is 13.0. The van der Waals surface area contributed by atoms with Crippen molar-refractivity contribution in [2.24, 2.45) is 11.8 Å². The lowest BCUT2D eigenvalue weighted by Gasteiger charge is -2.33. The molecule has 4 nitrogen and oxygen atoms in total. The van der Waals surface area contributed by atoms with Crippen molar-refractivity contribution < 1.29 is 13.9 Å². The van der Waals surface area contributed by atoms with E-state index in [4.69, 9.17) is 4.74 Å². The van der Waals surface area contributed by atoms with E-state index < -0.39 is 5.82 Å². The van der Waals surface area contributed by atoms with Crippen LogP contribution >= 0.6 is 0 Å². The predicted molar refractivity (Wildman–Crippen MR) is 82.2 cm³/mol. The van der Waals surface area contributed by atoms with E-state index in [-0.39, 0.29) is 11.5 Å². The molecule has 1 aromatic carbocycles. The Labute approximate surface area is 130 Å². The van der Waals surface area contributed by atoms with Gasteiger partial charge in [-0.2, -0.15) is 0 Å². The average Bonchev–Trinajstić information content (AvgIpc) is 2.96. The van der Waals surface area contributed by atoms with Gasteiger partial charge in [0, 0.05) is 33.3 Å². The number of carbonyl (C=O) groups excluding carboxylic acids is 1. The molecule has 2 aliphatic heterocycles. The minimum absolute atomic E-state index is 0.170. The zero-order valence-corrected chi connectivity index (χ0v) is 13.0. The summed E-state index contributed by atoms with van der Waals surface area (Å²) in [6.45, 7) is 5.26. The number of ether oxygens (including phenoxy) is 1. The molecule has 0 unspecified atom stereocenters. The number of rotatable bonds is 4. The summed E-state index contributed by atoms with van der Waals surface area (Å²) in [7, 11) is 1.72. The van der Waals surface area contributed by atoms with Crippen molar-refractivity contribution in [3.8, 4) is 0 Å². The summed E-state index contributed by atoms with van der Waals surface area (Å²) in [5, 5.41) is 0. The zero-order chi connectivity index (χ0) is 15.5. The fourth-order valence-corrected chi connectivity index (χ4v) is 3.64. The summed E-state index contributed by atoms with van der Waals surface area (Å²) < 4.78 is 18.9. The maximum atomic E-state index is 13.8. The highest BCUT2D eigenvalue weighted by Crippen LogP contribution is 2.32. The molecule has 0 saturated carbocycles. The van der Waals surface area contributed by atoms with Crippen LogP contribution in [-0.2, 0) is 4.74 Å². The van der Waals surface area contributed by atoms with Gasteiger partial charge in [-0.25, -0.2) is 4.39 Å². The van der Waals surface area contributed by atoms with E-state index in [0.29, 0.717) is 11.8 Å². The van der Waals surface area contributed by atoms with Crippen molar-refractivity contribution in [3.63, 3.8) is 0 Å². The Morgan fingerprint density at radius 2 is 2.05 bits per heavy atom. The molecule has 1 amide bonds. The van der Waals surface area contributed by atoms with E-state index in [1.165, 1.54) is 6.07 Å². The number of carbonyl (C=O) groups is 1. The van der Waals surface area contributed by atoms with Crippen LogP contribution in [0.25, 0.3) is 0 Å². The quantitative estimate of drug-likeness (QED) is 0.851. The molecule has 0 aromatic heterocycles. The van der Waals surface area contributed by atoms with Gasteiger partial charge in [-0.15, -0.1) is 0 Å². The number of benzene rings is 1. The predicted octanol–water partition coefficient (Wildman–Crippen LogP) is 1.87. The molecule has 2 saturated heterocycles. The normalized spacial score (nSPS) is 25.3. The van der Waals surface area contributed by atoms with Crippen molar-refractivity contribution in [2.45, 2.75) is 6.42 Å². The lowest BCUT2D eigenvalue weighted by Crippen LogP contribution is -2.41. The van der Waals surface area contributed by atoms with E-state index in [9.17, 15) is 9.18 Å². The SMILES string of the molecule is COCCN1CC[C@H]2CN(C(=O)c3ccccc3F)C[C@H]2C1. The molecule has 0 aliphatic carbocycles. The molecule has 5 heteroatoms. The van der Waals surface area contributed by atoms with Gasteiger partial charge in [-0.1, -0.05) is 12.1 Å². The van der Waals surface area contributed by atoms with Crippen LogP contribution in [0, 0.1) is 17.7 Å². The largest absolute Gasteiger partial charge is 0.383 e. The van der Waals surface area contributed by atoms with Gasteiger partial charge in [0.15, 0.2) is 0 Å². The Morgan fingerprint density at radius 3 is 2.82 bits per heavy atom. The number of hydrogen-bond donors (Lipinski definition) is 0. The number of amides is 1. The Balaban J connectivity index is 1.62. The average molecular weight is 306 g/mol. The smallest absolute Gasteiger partial charge is 0.256 e. The van der Waals surface area contributed by atoms with Gasteiger partial charge >= 0.3 is 0 Å². The standard InChI is InChI=1S/C17H23FN2O2/c1-22-9-8-19-7-6-13-11-20(12-14(13)10-19)17(21)15-4-2-3-5-16(15)18/h2-5,13-14H,6-12H2,1H3/t13-,14+/m0/s1. The van der Waals surface area contributed by atoms with Crippen molar-refractivity contribution >= 4 is 5.91 Å². The minimum atomic E-state index is -0.427. The third kappa shape index (κ3) is 3.15. The number of methoxy groups -OCH3 is 1. The molecule has 0 radical (unpaired) electrons. The van der Waals surface area contributed by atoms with Gasteiger partial charge in [0.1, 0.15) is 5.82 Å². The molecule has 22 heavy (non-hydrogen) atoms. The maximum absolute atomic E-state index is 13.8. The van der Waals surface area contributed by atoms with Crippen molar-refractivity contribution in [1.29, 1.82) is 0 Å². The molecular weight excluding hydrogens is 283 g/mol. The number of hydrogen-bond acceptors (Lipinski definition) is 3. The number of nitrogens with zero attached hydrogens (tertiary/aromatic N) is 2.